The third-order valence-electron chi connectivity index (χ3n) is 3.67. The molecule has 0 saturated heterocycles. The summed E-state index contributed by atoms with van der Waals surface area (Å²) in [4.78, 5) is 12.0. The molecule has 0 saturated carbocycles. The predicted molar refractivity (Wildman–Crippen MR) is 95.0 cm³/mol. The molecule has 0 aliphatic rings. The molecule has 0 bridgehead atoms. The maximum Gasteiger partial charge on any atom is 0.214 e. The summed E-state index contributed by atoms with van der Waals surface area (Å²) in [6, 6.07) is 4.44. The Balaban J connectivity index is 1.87. The van der Waals surface area contributed by atoms with Gasteiger partial charge in [0, 0.05) is 36.8 Å². The summed E-state index contributed by atoms with van der Waals surface area (Å²) in [6.07, 6.45) is 8.82. The zero-order valence-electron chi connectivity index (χ0n) is 12.9. The Hall–Kier alpha value is -1.60. The number of rotatable bonds is 6. The van der Waals surface area contributed by atoms with Gasteiger partial charge in [0.25, 0.3) is 0 Å². The lowest BCUT2D eigenvalue weighted by Crippen LogP contribution is -2.33. The predicted octanol–water partition coefficient (Wildman–Crippen LogP) is 3.43. The minimum absolute atomic E-state index is 0.503. The molecular formula is C15H19N5S2. The van der Waals surface area contributed by atoms with E-state index < -0.39 is 0 Å². The van der Waals surface area contributed by atoms with Crippen LogP contribution in [0.4, 0.5) is 5.13 Å². The van der Waals surface area contributed by atoms with Crippen LogP contribution in [0.5, 0.6) is 0 Å². The average Bonchev–Trinajstić information content (AvgIpc) is 3.11. The van der Waals surface area contributed by atoms with E-state index in [9.17, 15) is 0 Å². The molecule has 0 amide bonds. The van der Waals surface area contributed by atoms with Crippen LogP contribution in [0.25, 0.3) is 16.2 Å². The molecule has 3 aromatic heterocycles. The van der Waals surface area contributed by atoms with Gasteiger partial charge in [0.05, 0.1) is 11.9 Å². The van der Waals surface area contributed by atoms with Gasteiger partial charge in [0.2, 0.25) is 10.1 Å². The quantitative estimate of drug-likeness (QED) is 0.691. The van der Waals surface area contributed by atoms with Crippen LogP contribution in [-0.4, -0.2) is 44.7 Å². The monoisotopic (exact) mass is 333 g/mol. The van der Waals surface area contributed by atoms with Gasteiger partial charge in [-0.05, 0) is 24.8 Å². The number of nitrogens with zero attached hydrogens (tertiary/aromatic N) is 5. The fourth-order valence-corrected chi connectivity index (χ4v) is 4.10. The standard InChI is InChI=1S/C15H19N5S2/c1-4-12(10-21-3)19(2)15-18-20-9-13(17-14(20)22-15)11-6-5-7-16-8-11/h5-9,12H,4,10H2,1-3H3. The maximum atomic E-state index is 4.68. The van der Waals surface area contributed by atoms with Crippen LogP contribution in [0.1, 0.15) is 13.3 Å². The normalized spacial score (nSPS) is 12.7. The topological polar surface area (TPSA) is 46.3 Å². The zero-order chi connectivity index (χ0) is 15.5. The van der Waals surface area contributed by atoms with Crippen LogP contribution in [0, 0.1) is 0 Å². The Morgan fingerprint density at radius 2 is 2.32 bits per heavy atom. The molecular weight excluding hydrogens is 314 g/mol. The van der Waals surface area contributed by atoms with Gasteiger partial charge in [0.1, 0.15) is 0 Å². The Kier molecular flexibility index (Phi) is 4.63. The van der Waals surface area contributed by atoms with E-state index in [-0.39, 0.29) is 0 Å². The van der Waals surface area contributed by atoms with Crippen molar-refractivity contribution in [3.63, 3.8) is 0 Å². The first kappa shape index (κ1) is 15.3. The fraction of sp³-hybridized carbons (Fsp3) is 0.400. The van der Waals surface area contributed by atoms with Gasteiger partial charge in [0.15, 0.2) is 0 Å². The number of aromatic nitrogens is 4. The van der Waals surface area contributed by atoms with Gasteiger partial charge in [-0.1, -0.05) is 18.3 Å². The lowest BCUT2D eigenvalue weighted by Gasteiger charge is -2.25. The van der Waals surface area contributed by atoms with Crippen molar-refractivity contribution in [1.29, 1.82) is 0 Å². The molecule has 5 nitrogen and oxygen atoms in total. The van der Waals surface area contributed by atoms with Gasteiger partial charge in [-0.25, -0.2) is 9.50 Å². The Morgan fingerprint density at radius 3 is 2.95 bits per heavy atom. The van der Waals surface area contributed by atoms with E-state index >= 15 is 0 Å². The lowest BCUT2D eigenvalue weighted by atomic mass is 10.2. The zero-order valence-corrected chi connectivity index (χ0v) is 14.6. The third-order valence-corrected chi connectivity index (χ3v) is 5.40. The van der Waals surface area contributed by atoms with Crippen LogP contribution < -0.4 is 4.90 Å². The van der Waals surface area contributed by atoms with Crippen LogP contribution in [-0.2, 0) is 0 Å². The highest BCUT2D eigenvalue weighted by molar-refractivity contribution is 7.98. The van der Waals surface area contributed by atoms with Crippen molar-refractivity contribution >= 4 is 33.2 Å². The van der Waals surface area contributed by atoms with Crippen LogP contribution in [0.15, 0.2) is 30.7 Å². The number of imidazole rings is 1. The van der Waals surface area contributed by atoms with E-state index in [4.69, 9.17) is 0 Å². The first-order chi connectivity index (χ1) is 10.7. The molecule has 3 heterocycles. The lowest BCUT2D eigenvalue weighted by molar-refractivity contribution is 0.666. The maximum absolute atomic E-state index is 4.68. The Bertz CT molecular complexity index is 705. The van der Waals surface area contributed by atoms with Crippen molar-refractivity contribution in [3.8, 4) is 11.3 Å². The van der Waals surface area contributed by atoms with E-state index in [2.05, 4.69) is 40.2 Å². The summed E-state index contributed by atoms with van der Waals surface area (Å²) in [5.74, 6) is 1.11. The number of thioether (sulfide) groups is 1. The highest BCUT2D eigenvalue weighted by Crippen LogP contribution is 2.27. The number of hydrogen-bond donors (Lipinski definition) is 0. The fourth-order valence-electron chi connectivity index (χ4n) is 2.34. The molecule has 1 unspecified atom stereocenters. The largest absolute Gasteiger partial charge is 0.346 e. The molecule has 3 rings (SSSR count). The first-order valence-electron chi connectivity index (χ1n) is 7.21. The van der Waals surface area contributed by atoms with E-state index in [0.717, 1.165) is 33.5 Å². The smallest absolute Gasteiger partial charge is 0.214 e. The van der Waals surface area contributed by atoms with Crippen LogP contribution in [0.3, 0.4) is 0 Å². The number of anilines is 1. The van der Waals surface area contributed by atoms with Gasteiger partial charge in [-0.2, -0.15) is 11.8 Å². The van der Waals surface area contributed by atoms with Crippen molar-refractivity contribution in [1.82, 2.24) is 19.6 Å². The number of hydrogen-bond acceptors (Lipinski definition) is 6. The molecule has 0 N–H and O–H groups in total. The second-order valence-corrected chi connectivity index (χ2v) is 6.95. The minimum atomic E-state index is 0.503. The van der Waals surface area contributed by atoms with E-state index in [1.54, 1.807) is 17.5 Å². The molecule has 0 aromatic carbocycles. The molecule has 0 aliphatic carbocycles. The molecule has 0 spiro atoms. The van der Waals surface area contributed by atoms with Crippen LogP contribution in [0.2, 0.25) is 0 Å². The first-order valence-corrected chi connectivity index (χ1v) is 9.42. The Labute approximate surface area is 138 Å². The Morgan fingerprint density at radius 1 is 1.45 bits per heavy atom. The van der Waals surface area contributed by atoms with Crippen molar-refractivity contribution in [2.45, 2.75) is 19.4 Å². The highest BCUT2D eigenvalue weighted by Gasteiger charge is 2.18. The SMILES string of the molecule is CCC(CSC)N(C)c1nn2cc(-c3cccnc3)nc2s1. The van der Waals surface area contributed by atoms with Crippen molar-refractivity contribution < 1.29 is 0 Å². The molecule has 0 aliphatic heterocycles. The van der Waals surface area contributed by atoms with E-state index in [0.29, 0.717) is 6.04 Å². The van der Waals surface area contributed by atoms with Gasteiger partial charge in [-0.3, -0.25) is 4.98 Å². The van der Waals surface area contributed by atoms with Crippen molar-refractivity contribution in [3.05, 3.63) is 30.7 Å². The van der Waals surface area contributed by atoms with Gasteiger partial charge >= 0.3 is 0 Å². The summed E-state index contributed by atoms with van der Waals surface area (Å²) in [6.45, 7) is 2.22. The summed E-state index contributed by atoms with van der Waals surface area (Å²) >= 11 is 3.50. The third kappa shape index (κ3) is 2.96. The summed E-state index contributed by atoms with van der Waals surface area (Å²) in [7, 11) is 2.12. The molecule has 3 aromatic rings. The second-order valence-electron chi connectivity index (χ2n) is 5.11. The molecule has 116 valence electrons. The number of fused-ring (bicyclic) bond motifs is 1. The van der Waals surface area contributed by atoms with Crippen molar-refractivity contribution in [2.75, 3.05) is 24.0 Å². The van der Waals surface area contributed by atoms with E-state index in [1.165, 1.54) is 0 Å². The molecule has 0 radical (unpaired) electrons. The molecule has 7 heteroatoms. The molecule has 1 atom stereocenters. The van der Waals surface area contributed by atoms with Gasteiger partial charge < -0.3 is 4.90 Å². The van der Waals surface area contributed by atoms with Gasteiger partial charge in [-0.15, -0.1) is 5.10 Å². The minimum Gasteiger partial charge on any atom is -0.346 e. The summed E-state index contributed by atoms with van der Waals surface area (Å²) in [5.41, 5.74) is 1.93. The second kappa shape index (κ2) is 6.66. The molecule has 0 fully saturated rings. The van der Waals surface area contributed by atoms with Crippen molar-refractivity contribution in [2.24, 2.45) is 0 Å². The highest BCUT2D eigenvalue weighted by atomic mass is 32.2. The summed E-state index contributed by atoms with van der Waals surface area (Å²) in [5, 5.41) is 5.69. The van der Waals surface area contributed by atoms with Crippen LogP contribution >= 0.6 is 23.1 Å². The molecule has 22 heavy (non-hydrogen) atoms. The summed E-state index contributed by atoms with van der Waals surface area (Å²) < 4.78 is 1.87. The number of pyridine rings is 1. The average molecular weight is 333 g/mol. The van der Waals surface area contributed by atoms with E-state index in [1.807, 2.05) is 40.8 Å².